The van der Waals surface area contributed by atoms with E-state index in [-0.39, 0.29) is 0 Å². The van der Waals surface area contributed by atoms with Gasteiger partial charge in [-0.05, 0) is 43.5 Å². The lowest BCUT2D eigenvalue weighted by molar-refractivity contribution is 0.474. The van der Waals surface area contributed by atoms with Crippen LogP contribution < -0.4 is 4.74 Å². The Bertz CT molecular complexity index is 542. The monoisotopic (exact) mass is 296 g/mol. The number of rotatable bonds is 9. The molecule has 0 spiro atoms. The Balaban J connectivity index is 1.88. The Hall–Kier alpha value is -1.76. The van der Waals surface area contributed by atoms with Gasteiger partial charge in [0.15, 0.2) is 0 Å². The predicted molar refractivity (Wildman–Crippen MR) is 94.8 cm³/mol. The highest BCUT2D eigenvalue weighted by Gasteiger charge is 2.04. The Morgan fingerprint density at radius 3 is 2.23 bits per heavy atom. The quantitative estimate of drug-likeness (QED) is 0.468. The van der Waals surface area contributed by atoms with Crippen LogP contribution in [0.1, 0.15) is 56.6 Å². The van der Waals surface area contributed by atoms with Gasteiger partial charge in [0, 0.05) is 0 Å². The van der Waals surface area contributed by atoms with E-state index in [0.717, 1.165) is 17.9 Å². The zero-order valence-corrected chi connectivity index (χ0v) is 14.0. The topological polar surface area (TPSA) is 9.23 Å². The maximum Gasteiger partial charge on any atom is 0.130 e. The highest BCUT2D eigenvalue weighted by molar-refractivity contribution is 5.38. The molecule has 2 aromatic carbocycles. The van der Waals surface area contributed by atoms with E-state index >= 15 is 0 Å². The maximum absolute atomic E-state index is 6.06. The lowest BCUT2D eigenvalue weighted by Crippen LogP contribution is -1.92. The number of benzene rings is 2. The second-order valence-electron chi connectivity index (χ2n) is 6.04. The molecule has 0 saturated carbocycles. The van der Waals surface area contributed by atoms with Gasteiger partial charge in [0.25, 0.3) is 0 Å². The summed E-state index contributed by atoms with van der Waals surface area (Å²) < 4.78 is 6.06. The minimum atomic E-state index is 0.918. The lowest BCUT2D eigenvalue weighted by atomic mass is 10.0. The Morgan fingerprint density at radius 2 is 1.45 bits per heavy atom. The number of unbranched alkanes of at least 4 members (excludes halogenated alkanes) is 5. The van der Waals surface area contributed by atoms with Crippen LogP contribution in [0.5, 0.6) is 11.5 Å². The Kier molecular flexibility index (Phi) is 7.02. The molecule has 0 saturated heterocycles. The zero-order valence-electron chi connectivity index (χ0n) is 14.0. The summed E-state index contributed by atoms with van der Waals surface area (Å²) in [5.74, 6) is 1.92. The molecule has 0 aliphatic heterocycles. The fourth-order valence-corrected chi connectivity index (χ4v) is 2.64. The first-order chi connectivity index (χ1) is 10.8. The largest absolute Gasteiger partial charge is 0.457 e. The molecule has 2 rings (SSSR count). The number of para-hydroxylation sites is 1. The van der Waals surface area contributed by atoms with Gasteiger partial charge in [-0.15, -0.1) is 0 Å². The molecule has 0 N–H and O–H groups in total. The van der Waals surface area contributed by atoms with Gasteiger partial charge in [-0.1, -0.05) is 74.9 Å². The zero-order chi connectivity index (χ0) is 15.6. The van der Waals surface area contributed by atoms with Gasteiger partial charge in [0.1, 0.15) is 11.5 Å². The van der Waals surface area contributed by atoms with Crippen molar-refractivity contribution in [3.8, 4) is 11.5 Å². The first-order valence-corrected chi connectivity index (χ1v) is 8.62. The van der Waals surface area contributed by atoms with Gasteiger partial charge in [-0.2, -0.15) is 0 Å². The molecule has 0 heterocycles. The molecule has 22 heavy (non-hydrogen) atoms. The normalized spacial score (nSPS) is 10.6. The average molecular weight is 296 g/mol. The highest BCUT2D eigenvalue weighted by atomic mass is 16.5. The summed E-state index contributed by atoms with van der Waals surface area (Å²) in [5, 5.41) is 0. The average Bonchev–Trinajstić information content (AvgIpc) is 2.54. The molecule has 1 heteroatoms. The highest BCUT2D eigenvalue weighted by Crippen LogP contribution is 2.26. The summed E-state index contributed by atoms with van der Waals surface area (Å²) >= 11 is 0. The lowest BCUT2D eigenvalue weighted by Gasteiger charge is -2.11. The smallest absolute Gasteiger partial charge is 0.130 e. The summed E-state index contributed by atoms with van der Waals surface area (Å²) in [4.78, 5) is 0. The van der Waals surface area contributed by atoms with Crippen molar-refractivity contribution in [2.24, 2.45) is 0 Å². The van der Waals surface area contributed by atoms with Crippen LogP contribution in [0.3, 0.4) is 0 Å². The van der Waals surface area contributed by atoms with Crippen LogP contribution >= 0.6 is 0 Å². The summed E-state index contributed by atoms with van der Waals surface area (Å²) in [5.41, 5.74) is 2.58. The van der Waals surface area contributed by atoms with Crippen molar-refractivity contribution in [3.05, 3.63) is 59.7 Å². The molecule has 0 aliphatic rings. The molecule has 0 unspecified atom stereocenters. The number of hydrogen-bond acceptors (Lipinski definition) is 1. The molecular weight excluding hydrogens is 268 g/mol. The molecule has 0 radical (unpaired) electrons. The SMILES string of the molecule is CCCCCCCCc1ccccc1Oc1ccc(C)cc1. The van der Waals surface area contributed by atoms with Crippen molar-refractivity contribution in [2.45, 2.75) is 58.8 Å². The second-order valence-corrected chi connectivity index (χ2v) is 6.04. The predicted octanol–water partition coefficient (Wildman–Crippen LogP) is 6.69. The summed E-state index contributed by atoms with van der Waals surface area (Å²) in [7, 11) is 0. The molecule has 0 fully saturated rings. The van der Waals surface area contributed by atoms with Crippen molar-refractivity contribution in [1.29, 1.82) is 0 Å². The third-order valence-corrected chi connectivity index (χ3v) is 4.02. The van der Waals surface area contributed by atoms with E-state index in [1.807, 2.05) is 18.2 Å². The van der Waals surface area contributed by atoms with Crippen LogP contribution in [0.2, 0.25) is 0 Å². The van der Waals surface area contributed by atoms with Crippen LogP contribution in [0.4, 0.5) is 0 Å². The molecule has 0 atom stereocenters. The standard InChI is InChI=1S/C21H28O/c1-3-4-5-6-7-8-11-19-12-9-10-13-21(19)22-20-16-14-18(2)15-17-20/h9-10,12-17H,3-8,11H2,1-2H3. The van der Waals surface area contributed by atoms with Crippen LogP contribution in [-0.2, 0) is 6.42 Å². The van der Waals surface area contributed by atoms with E-state index < -0.39 is 0 Å². The van der Waals surface area contributed by atoms with Crippen molar-refractivity contribution in [1.82, 2.24) is 0 Å². The molecular formula is C21H28O. The molecule has 2 aromatic rings. The Labute approximate surface area is 135 Å². The molecule has 118 valence electrons. The van der Waals surface area contributed by atoms with E-state index in [0.29, 0.717) is 0 Å². The van der Waals surface area contributed by atoms with E-state index in [9.17, 15) is 0 Å². The van der Waals surface area contributed by atoms with Gasteiger partial charge in [-0.25, -0.2) is 0 Å². The number of ether oxygens (including phenoxy) is 1. The first-order valence-electron chi connectivity index (χ1n) is 8.62. The molecule has 0 bridgehead atoms. The van der Waals surface area contributed by atoms with E-state index in [1.165, 1.54) is 49.7 Å². The number of hydrogen-bond donors (Lipinski definition) is 0. The third-order valence-electron chi connectivity index (χ3n) is 4.02. The van der Waals surface area contributed by atoms with Gasteiger partial charge in [0.05, 0.1) is 0 Å². The summed E-state index contributed by atoms with van der Waals surface area (Å²) in [6.45, 7) is 4.36. The number of aryl methyl sites for hydroxylation is 2. The minimum absolute atomic E-state index is 0.918. The van der Waals surface area contributed by atoms with Gasteiger partial charge < -0.3 is 4.74 Å². The minimum Gasteiger partial charge on any atom is -0.457 e. The van der Waals surface area contributed by atoms with E-state index in [1.54, 1.807) is 0 Å². The maximum atomic E-state index is 6.06. The fourth-order valence-electron chi connectivity index (χ4n) is 2.64. The van der Waals surface area contributed by atoms with Crippen molar-refractivity contribution in [2.75, 3.05) is 0 Å². The third kappa shape index (κ3) is 5.55. The molecule has 1 nitrogen and oxygen atoms in total. The first kappa shape index (κ1) is 16.6. The van der Waals surface area contributed by atoms with Crippen molar-refractivity contribution >= 4 is 0 Å². The van der Waals surface area contributed by atoms with Gasteiger partial charge in [0.2, 0.25) is 0 Å². The van der Waals surface area contributed by atoms with E-state index in [4.69, 9.17) is 4.74 Å². The summed E-state index contributed by atoms with van der Waals surface area (Å²) in [6.07, 6.45) is 9.08. The summed E-state index contributed by atoms with van der Waals surface area (Å²) in [6, 6.07) is 16.7. The van der Waals surface area contributed by atoms with Crippen LogP contribution in [0.25, 0.3) is 0 Å². The van der Waals surface area contributed by atoms with Crippen molar-refractivity contribution < 1.29 is 4.74 Å². The Morgan fingerprint density at radius 1 is 0.773 bits per heavy atom. The van der Waals surface area contributed by atoms with Crippen LogP contribution in [0, 0.1) is 6.92 Å². The van der Waals surface area contributed by atoms with Crippen LogP contribution in [0.15, 0.2) is 48.5 Å². The van der Waals surface area contributed by atoms with Crippen molar-refractivity contribution in [3.63, 3.8) is 0 Å². The van der Waals surface area contributed by atoms with Gasteiger partial charge in [-0.3, -0.25) is 0 Å². The molecule has 0 amide bonds. The molecule has 0 aromatic heterocycles. The van der Waals surface area contributed by atoms with Crippen LogP contribution in [-0.4, -0.2) is 0 Å². The second kappa shape index (κ2) is 9.30. The fraction of sp³-hybridized carbons (Fsp3) is 0.429. The van der Waals surface area contributed by atoms with Gasteiger partial charge >= 0.3 is 0 Å². The molecule has 0 aliphatic carbocycles. The van der Waals surface area contributed by atoms with E-state index in [2.05, 4.69) is 44.2 Å².